The van der Waals surface area contributed by atoms with E-state index in [1.807, 2.05) is 79.9 Å². The van der Waals surface area contributed by atoms with E-state index in [-0.39, 0.29) is 11.3 Å². The minimum atomic E-state index is -0.414. The van der Waals surface area contributed by atoms with Crippen LogP contribution in [-0.2, 0) is 17.0 Å². The third-order valence-electron chi connectivity index (χ3n) is 5.64. The SMILES string of the molecule is CC(C)(C)CC(=O)NC(Cc1ccccc1)c1nnc(SCc2ccccc2)n1-c1ccc(Cl)cc1Cl. The number of rotatable bonds is 9. The molecule has 4 rings (SSSR count). The number of thioether (sulfide) groups is 1. The number of carbonyl (C=O) groups is 1. The van der Waals surface area contributed by atoms with Crippen LogP contribution in [-0.4, -0.2) is 20.7 Å². The first-order valence-corrected chi connectivity index (χ1v) is 13.8. The number of nitrogens with zero attached hydrogens (tertiary/aromatic N) is 3. The topological polar surface area (TPSA) is 59.8 Å². The van der Waals surface area contributed by atoms with E-state index in [4.69, 9.17) is 23.2 Å². The maximum Gasteiger partial charge on any atom is 0.221 e. The first-order valence-electron chi connectivity index (χ1n) is 12.1. The van der Waals surface area contributed by atoms with E-state index in [0.29, 0.717) is 45.3 Å². The molecule has 1 N–H and O–H groups in total. The first-order chi connectivity index (χ1) is 17.7. The highest BCUT2D eigenvalue weighted by Gasteiger charge is 2.27. The van der Waals surface area contributed by atoms with Crippen LogP contribution < -0.4 is 5.32 Å². The average molecular weight is 554 g/mol. The van der Waals surface area contributed by atoms with Gasteiger partial charge < -0.3 is 5.32 Å². The maximum absolute atomic E-state index is 13.1. The fraction of sp³-hybridized carbons (Fsp3) is 0.276. The number of hydrogen-bond donors (Lipinski definition) is 1. The number of carbonyl (C=O) groups excluding carboxylic acids is 1. The highest BCUT2D eigenvalue weighted by molar-refractivity contribution is 7.98. The Morgan fingerprint density at radius 3 is 2.22 bits per heavy atom. The Morgan fingerprint density at radius 1 is 0.946 bits per heavy atom. The van der Waals surface area contributed by atoms with Crippen LogP contribution in [0.3, 0.4) is 0 Å². The lowest BCUT2D eigenvalue weighted by Gasteiger charge is -2.23. The molecule has 0 aliphatic carbocycles. The second kappa shape index (κ2) is 12.2. The summed E-state index contributed by atoms with van der Waals surface area (Å²) in [7, 11) is 0. The molecule has 0 aliphatic heterocycles. The molecule has 0 aliphatic rings. The zero-order chi connectivity index (χ0) is 26.4. The summed E-state index contributed by atoms with van der Waals surface area (Å²) in [6, 6.07) is 25.2. The van der Waals surface area contributed by atoms with Gasteiger partial charge in [-0.2, -0.15) is 0 Å². The third kappa shape index (κ3) is 7.60. The highest BCUT2D eigenvalue weighted by Crippen LogP contribution is 2.33. The molecule has 3 aromatic carbocycles. The van der Waals surface area contributed by atoms with Crippen molar-refractivity contribution in [2.45, 2.75) is 50.6 Å². The lowest BCUT2D eigenvalue weighted by Crippen LogP contribution is -2.34. The summed E-state index contributed by atoms with van der Waals surface area (Å²) < 4.78 is 1.94. The van der Waals surface area contributed by atoms with Crippen molar-refractivity contribution in [3.8, 4) is 5.69 Å². The van der Waals surface area contributed by atoms with Gasteiger partial charge in [0, 0.05) is 17.2 Å². The van der Waals surface area contributed by atoms with E-state index in [1.54, 1.807) is 23.9 Å². The summed E-state index contributed by atoms with van der Waals surface area (Å²) >= 11 is 14.5. The predicted octanol–water partition coefficient (Wildman–Crippen LogP) is 7.70. The molecule has 0 saturated heterocycles. The van der Waals surface area contributed by atoms with Crippen molar-refractivity contribution < 1.29 is 4.79 Å². The van der Waals surface area contributed by atoms with Crippen molar-refractivity contribution >= 4 is 40.9 Å². The van der Waals surface area contributed by atoms with Crippen LogP contribution in [0.4, 0.5) is 0 Å². The average Bonchev–Trinajstić information content (AvgIpc) is 3.26. The molecular weight excluding hydrogens is 523 g/mol. The number of benzene rings is 3. The largest absolute Gasteiger partial charge is 0.346 e. The Balaban J connectivity index is 1.76. The van der Waals surface area contributed by atoms with Crippen LogP contribution in [0.15, 0.2) is 84.0 Å². The van der Waals surface area contributed by atoms with Gasteiger partial charge in [0.05, 0.1) is 16.8 Å². The monoisotopic (exact) mass is 552 g/mol. The molecule has 192 valence electrons. The van der Waals surface area contributed by atoms with Crippen molar-refractivity contribution in [2.75, 3.05) is 0 Å². The predicted molar refractivity (Wildman–Crippen MR) is 152 cm³/mol. The lowest BCUT2D eigenvalue weighted by molar-refractivity contribution is -0.123. The van der Waals surface area contributed by atoms with E-state index in [1.165, 1.54) is 5.56 Å². The van der Waals surface area contributed by atoms with Crippen LogP contribution in [0, 0.1) is 5.41 Å². The second-order valence-corrected chi connectivity index (χ2v) is 11.9. The fourth-order valence-electron chi connectivity index (χ4n) is 4.00. The number of amides is 1. The van der Waals surface area contributed by atoms with Crippen molar-refractivity contribution in [2.24, 2.45) is 5.41 Å². The van der Waals surface area contributed by atoms with Gasteiger partial charge in [-0.25, -0.2) is 0 Å². The summed E-state index contributed by atoms with van der Waals surface area (Å²) in [6.07, 6.45) is 0.952. The van der Waals surface area contributed by atoms with E-state index < -0.39 is 6.04 Å². The lowest BCUT2D eigenvalue weighted by atomic mass is 9.91. The molecule has 8 heteroatoms. The van der Waals surface area contributed by atoms with Crippen molar-refractivity contribution in [1.82, 2.24) is 20.1 Å². The molecule has 1 atom stereocenters. The third-order valence-corrected chi connectivity index (χ3v) is 7.18. The molecule has 0 radical (unpaired) electrons. The molecule has 0 saturated carbocycles. The molecule has 1 amide bonds. The Bertz CT molecular complexity index is 1340. The molecule has 1 aromatic heterocycles. The molecule has 0 bridgehead atoms. The summed E-state index contributed by atoms with van der Waals surface area (Å²) in [5.74, 6) is 1.29. The molecule has 1 heterocycles. The first kappa shape index (κ1) is 27.2. The Labute approximate surface area is 232 Å². The highest BCUT2D eigenvalue weighted by atomic mass is 35.5. The molecule has 5 nitrogen and oxygen atoms in total. The Hall–Kier alpha value is -2.80. The molecule has 0 spiro atoms. The smallest absolute Gasteiger partial charge is 0.221 e. The molecule has 4 aromatic rings. The summed E-state index contributed by atoms with van der Waals surface area (Å²) in [6.45, 7) is 6.15. The van der Waals surface area contributed by atoms with Crippen LogP contribution in [0.25, 0.3) is 5.69 Å². The van der Waals surface area contributed by atoms with Gasteiger partial charge >= 0.3 is 0 Å². The minimum absolute atomic E-state index is 0.0383. The van der Waals surface area contributed by atoms with Gasteiger partial charge in [0.2, 0.25) is 5.91 Å². The normalized spacial score (nSPS) is 12.4. The van der Waals surface area contributed by atoms with Gasteiger partial charge in [0.25, 0.3) is 0 Å². The van der Waals surface area contributed by atoms with Gasteiger partial charge in [0.1, 0.15) is 0 Å². The number of aromatic nitrogens is 3. The number of halogens is 2. The van der Waals surface area contributed by atoms with Gasteiger partial charge in [-0.05, 0) is 41.2 Å². The van der Waals surface area contributed by atoms with E-state index in [9.17, 15) is 4.79 Å². The van der Waals surface area contributed by atoms with E-state index in [0.717, 1.165) is 5.56 Å². The van der Waals surface area contributed by atoms with Crippen LogP contribution >= 0.6 is 35.0 Å². The number of hydrogen-bond acceptors (Lipinski definition) is 4. The van der Waals surface area contributed by atoms with E-state index in [2.05, 4.69) is 27.6 Å². The van der Waals surface area contributed by atoms with Gasteiger partial charge in [-0.3, -0.25) is 9.36 Å². The molecule has 1 unspecified atom stereocenters. The van der Waals surface area contributed by atoms with Gasteiger partial charge in [0.15, 0.2) is 11.0 Å². The van der Waals surface area contributed by atoms with Crippen LogP contribution in [0.2, 0.25) is 10.0 Å². The number of nitrogens with one attached hydrogen (secondary N) is 1. The zero-order valence-electron chi connectivity index (χ0n) is 21.1. The quantitative estimate of drug-likeness (QED) is 0.216. The second-order valence-electron chi connectivity index (χ2n) is 10.1. The van der Waals surface area contributed by atoms with Crippen molar-refractivity contribution in [3.05, 3.63) is 106 Å². The Kier molecular flexibility index (Phi) is 8.95. The van der Waals surface area contributed by atoms with E-state index >= 15 is 0 Å². The standard InChI is InChI=1S/C29H30Cl2N4OS/c1-29(2,3)18-26(36)32-24(16-20-10-6-4-7-11-20)27-33-34-28(37-19-21-12-8-5-9-13-21)35(27)25-15-14-22(30)17-23(25)31/h4-15,17,24H,16,18-19H2,1-3H3,(H,32,36). The zero-order valence-corrected chi connectivity index (χ0v) is 23.4. The summed E-state index contributed by atoms with van der Waals surface area (Å²) in [5.41, 5.74) is 2.82. The minimum Gasteiger partial charge on any atom is -0.346 e. The molecule has 0 fully saturated rings. The summed E-state index contributed by atoms with van der Waals surface area (Å²) in [4.78, 5) is 13.1. The summed E-state index contributed by atoms with van der Waals surface area (Å²) in [5, 5.41) is 14.1. The fourth-order valence-corrected chi connectivity index (χ4v) is 5.40. The molecular formula is C29H30Cl2N4OS. The van der Waals surface area contributed by atoms with Crippen molar-refractivity contribution in [3.63, 3.8) is 0 Å². The van der Waals surface area contributed by atoms with Crippen molar-refractivity contribution in [1.29, 1.82) is 0 Å². The van der Waals surface area contributed by atoms with Crippen LogP contribution in [0.1, 0.15) is 50.2 Å². The van der Waals surface area contributed by atoms with Gasteiger partial charge in [-0.1, -0.05) is 116 Å². The maximum atomic E-state index is 13.1. The molecule has 37 heavy (non-hydrogen) atoms. The van der Waals surface area contributed by atoms with Crippen LogP contribution in [0.5, 0.6) is 0 Å². The Morgan fingerprint density at radius 2 is 1.59 bits per heavy atom. The van der Waals surface area contributed by atoms with Gasteiger partial charge in [-0.15, -0.1) is 10.2 Å².